The van der Waals surface area contributed by atoms with Crippen molar-refractivity contribution >= 4 is 64.4 Å². The first-order valence-electron chi connectivity index (χ1n) is 6.59. The zero-order valence-corrected chi connectivity index (χ0v) is 12.2. The Labute approximate surface area is 123 Å². The van der Waals surface area contributed by atoms with Crippen LogP contribution in [0, 0.1) is 0 Å². The lowest BCUT2D eigenvalue weighted by Gasteiger charge is -2.04. The predicted octanol–water partition coefficient (Wildman–Crippen LogP) is 6.42. The van der Waals surface area contributed by atoms with Gasteiger partial charge in [-0.1, -0.05) is 0 Å². The van der Waals surface area contributed by atoms with E-state index in [0.717, 1.165) is 0 Å². The van der Waals surface area contributed by atoms with Crippen LogP contribution in [0.5, 0.6) is 0 Å². The van der Waals surface area contributed by atoms with Crippen LogP contribution >= 0.6 is 22.7 Å². The number of thiophene rings is 2. The monoisotopic (exact) mass is 290 g/mol. The van der Waals surface area contributed by atoms with Gasteiger partial charge in [-0.15, -0.1) is 22.7 Å². The van der Waals surface area contributed by atoms with Gasteiger partial charge in [0.1, 0.15) is 0 Å². The minimum absolute atomic E-state index is 1.33. The molecule has 2 heterocycles. The van der Waals surface area contributed by atoms with Crippen LogP contribution in [0.15, 0.2) is 59.3 Å². The van der Waals surface area contributed by atoms with Gasteiger partial charge in [0.15, 0.2) is 0 Å². The van der Waals surface area contributed by atoms with Crippen molar-refractivity contribution in [3.63, 3.8) is 0 Å². The molecule has 0 amide bonds. The number of benzene rings is 3. The molecule has 0 bridgehead atoms. The quantitative estimate of drug-likeness (QED) is 0.289. The molecule has 0 spiro atoms. The van der Waals surface area contributed by atoms with Gasteiger partial charge in [0.25, 0.3) is 0 Å². The topological polar surface area (TPSA) is 0 Å². The summed E-state index contributed by atoms with van der Waals surface area (Å²) in [6.07, 6.45) is 0. The van der Waals surface area contributed by atoms with Crippen LogP contribution in [0.2, 0.25) is 0 Å². The van der Waals surface area contributed by atoms with Crippen molar-refractivity contribution in [1.82, 2.24) is 0 Å². The predicted molar refractivity (Wildman–Crippen MR) is 92.2 cm³/mol. The lowest BCUT2D eigenvalue weighted by molar-refractivity contribution is 1.89. The third-order valence-electron chi connectivity index (χ3n) is 3.94. The molecule has 2 heteroatoms. The van der Waals surface area contributed by atoms with E-state index in [-0.39, 0.29) is 0 Å². The van der Waals surface area contributed by atoms with Crippen LogP contribution < -0.4 is 0 Å². The molecular formula is C18H10S2. The molecule has 0 aliphatic heterocycles. The molecule has 0 aliphatic rings. The molecule has 0 saturated heterocycles. The average Bonchev–Trinajstić information content (AvgIpc) is 3.07. The van der Waals surface area contributed by atoms with Gasteiger partial charge in [0.2, 0.25) is 0 Å². The van der Waals surface area contributed by atoms with Crippen LogP contribution in [-0.4, -0.2) is 0 Å². The number of rotatable bonds is 0. The fourth-order valence-electron chi connectivity index (χ4n) is 2.92. The van der Waals surface area contributed by atoms with Gasteiger partial charge in [-0.2, -0.15) is 0 Å². The summed E-state index contributed by atoms with van der Waals surface area (Å²) < 4.78 is 2.74. The molecule has 0 nitrogen and oxygen atoms in total. The lowest BCUT2D eigenvalue weighted by Crippen LogP contribution is -1.76. The highest BCUT2D eigenvalue weighted by Gasteiger charge is 2.04. The molecule has 0 fully saturated rings. The summed E-state index contributed by atoms with van der Waals surface area (Å²) in [6.45, 7) is 0. The second-order valence-corrected chi connectivity index (χ2v) is 7.06. The van der Waals surface area contributed by atoms with Crippen LogP contribution in [0.25, 0.3) is 41.7 Å². The van der Waals surface area contributed by atoms with Crippen LogP contribution in [0.3, 0.4) is 0 Å². The Morgan fingerprint density at radius 2 is 0.850 bits per heavy atom. The molecule has 0 N–H and O–H groups in total. The Hall–Kier alpha value is -1.90. The maximum Gasteiger partial charge on any atom is 0.0349 e. The summed E-state index contributed by atoms with van der Waals surface area (Å²) in [5, 5.41) is 12.4. The first-order valence-corrected chi connectivity index (χ1v) is 8.35. The van der Waals surface area contributed by atoms with Crippen molar-refractivity contribution in [3.05, 3.63) is 59.3 Å². The summed E-state index contributed by atoms with van der Waals surface area (Å²) >= 11 is 3.63. The van der Waals surface area contributed by atoms with E-state index in [2.05, 4.69) is 59.3 Å². The zero-order chi connectivity index (χ0) is 13.1. The molecule has 0 radical (unpaired) electrons. The molecular weight excluding hydrogens is 280 g/mol. The Morgan fingerprint density at radius 1 is 0.450 bits per heavy atom. The van der Waals surface area contributed by atoms with Crippen LogP contribution in [-0.2, 0) is 0 Å². The molecule has 0 atom stereocenters. The van der Waals surface area contributed by atoms with E-state index in [9.17, 15) is 0 Å². The van der Waals surface area contributed by atoms with Gasteiger partial charge in [-0.25, -0.2) is 0 Å². The SMILES string of the molecule is c1cc2cc3cc4cc5sccc5cc4cc3cc2s1. The smallest absolute Gasteiger partial charge is 0.0349 e. The summed E-state index contributed by atoms with van der Waals surface area (Å²) in [5.74, 6) is 0. The van der Waals surface area contributed by atoms with Crippen molar-refractivity contribution < 1.29 is 0 Å². The van der Waals surface area contributed by atoms with E-state index in [0.29, 0.717) is 0 Å². The highest BCUT2D eigenvalue weighted by atomic mass is 32.1. The van der Waals surface area contributed by atoms with E-state index in [1.54, 1.807) is 0 Å². The summed E-state index contributed by atoms with van der Waals surface area (Å²) in [5.41, 5.74) is 0. The fourth-order valence-corrected chi connectivity index (χ4v) is 4.56. The molecule has 5 rings (SSSR count). The van der Waals surface area contributed by atoms with E-state index in [1.807, 2.05) is 22.7 Å². The average molecular weight is 290 g/mol. The van der Waals surface area contributed by atoms with E-state index >= 15 is 0 Å². The van der Waals surface area contributed by atoms with Crippen LogP contribution in [0.1, 0.15) is 0 Å². The maximum atomic E-state index is 2.32. The Morgan fingerprint density at radius 3 is 1.35 bits per heavy atom. The molecule has 94 valence electrons. The van der Waals surface area contributed by atoms with Crippen molar-refractivity contribution in [2.24, 2.45) is 0 Å². The van der Waals surface area contributed by atoms with Gasteiger partial charge >= 0.3 is 0 Å². The van der Waals surface area contributed by atoms with Gasteiger partial charge in [0.05, 0.1) is 0 Å². The van der Waals surface area contributed by atoms with Gasteiger partial charge in [0, 0.05) is 9.40 Å². The third-order valence-corrected chi connectivity index (χ3v) is 5.70. The summed E-state index contributed by atoms with van der Waals surface area (Å²) in [6, 6.07) is 18.3. The number of fused-ring (bicyclic) bond motifs is 4. The second-order valence-electron chi connectivity index (χ2n) is 5.17. The van der Waals surface area contributed by atoms with Gasteiger partial charge < -0.3 is 0 Å². The number of hydrogen-bond acceptors (Lipinski definition) is 2. The minimum Gasteiger partial charge on any atom is -0.144 e. The van der Waals surface area contributed by atoms with Crippen molar-refractivity contribution in [2.45, 2.75) is 0 Å². The molecule has 0 saturated carbocycles. The van der Waals surface area contributed by atoms with Gasteiger partial charge in [-0.05, 0) is 91.6 Å². The Bertz CT molecular complexity index is 926. The molecule has 3 aromatic carbocycles. The maximum absolute atomic E-state index is 2.32. The van der Waals surface area contributed by atoms with Crippen LogP contribution in [0.4, 0.5) is 0 Å². The summed E-state index contributed by atoms with van der Waals surface area (Å²) in [4.78, 5) is 0. The third kappa shape index (κ3) is 1.46. The first-order chi connectivity index (χ1) is 9.87. The van der Waals surface area contributed by atoms with Crippen molar-refractivity contribution in [2.75, 3.05) is 0 Å². The van der Waals surface area contributed by atoms with E-state index in [4.69, 9.17) is 0 Å². The van der Waals surface area contributed by atoms with Crippen molar-refractivity contribution in [1.29, 1.82) is 0 Å². The Kier molecular flexibility index (Phi) is 2.07. The highest BCUT2D eigenvalue weighted by Crippen LogP contribution is 2.32. The Balaban J connectivity index is 1.98. The van der Waals surface area contributed by atoms with Crippen molar-refractivity contribution in [3.8, 4) is 0 Å². The normalized spacial score (nSPS) is 12.0. The largest absolute Gasteiger partial charge is 0.144 e. The molecule has 20 heavy (non-hydrogen) atoms. The van der Waals surface area contributed by atoms with E-state index < -0.39 is 0 Å². The first kappa shape index (κ1) is 10.8. The minimum atomic E-state index is 1.33. The molecule has 2 aromatic heterocycles. The fraction of sp³-hybridized carbons (Fsp3) is 0. The standard InChI is InChI=1S/C18H10S2/c1-3-19-17-9-15-8-14-6-12-2-4-20-18(12)10-16(14)7-13(15)5-11(1)17/h1-10H. The molecule has 0 aliphatic carbocycles. The van der Waals surface area contributed by atoms with E-state index in [1.165, 1.54) is 41.7 Å². The lowest BCUT2D eigenvalue weighted by atomic mass is 10.0. The second kappa shape index (κ2) is 3.81. The molecule has 0 unspecified atom stereocenters. The zero-order valence-electron chi connectivity index (χ0n) is 10.6. The molecule has 5 aromatic rings. The number of hydrogen-bond donors (Lipinski definition) is 0. The highest BCUT2D eigenvalue weighted by molar-refractivity contribution is 7.17. The summed E-state index contributed by atoms with van der Waals surface area (Å²) in [7, 11) is 0. The van der Waals surface area contributed by atoms with Gasteiger partial charge in [-0.3, -0.25) is 0 Å².